The van der Waals surface area contributed by atoms with E-state index in [-0.39, 0.29) is 24.2 Å². The lowest BCUT2D eigenvalue weighted by Gasteiger charge is -2.22. The van der Waals surface area contributed by atoms with E-state index in [0.29, 0.717) is 6.54 Å². The van der Waals surface area contributed by atoms with Gasteiger partial charge in [0.1, 0.15) is 5.75 Å². The number of rotatable bonds is 4. The van der Waals surface area contributed by atoms with Crippen molar-refractivity contribution in [3.63, 3.8) is 0 Å². The zero-order valence-corrected chi connectivity index (χ0v) is 12.9. The first-order valence-electron chi connectivity index (χ1n) is 6.82. The Labute approximate surface area is 126 Å². The van der Waals surface area contributed by atoms with Crippen molar-refractivity contribution in [1.29, 1.82) is 0 Å². The molecular weight excluding hydrogens is 276 g/mol. The van der Waals surface area contributed by atoms with Crippen molar-refractivity contribution >= 4 is 18.3 Å². The summed E-state index contributed by atoms with van der Waals surface area (Å²) < 4.78 is 5.34. The molecule has 1 heterocycles. The fourth-order valence-electron chi connectivity index (χ4n) is 2.41. The number of halogens is 1. The largest absolute Gasteiger partial charge is 0.496 e. The van der Waals surface area contributed by atoms with Crippen LogP contribution in [0.1, 0.15) is 24.0 Å². The number of benzene rings is 1. The molecule has 4 nitrogen and oxygen atoms in total. The van der Waals surface area contributed by atoms with Gasteiger partial charge in [-0.05, 0) is 44.5 Å². The molecule has 0 aliphatic carbocycles. The van der Waals surface area contributed by atoms with Crippen molar-refractivity contribution in [2.24, 2.45) is 5.92 Å². The lowest BCUT2D eigenvalue weighted by molar-refractivity contribution is -0.125. The molecule has 20 heavy (non-hydrogen) atoms. The Balaban J connectivity index is 0.00000200. The molecule has 1 saturated heterocycles. The molecule has 0 bridgehead atoms. The van der Waals surface area contributed by atoms with Gasteiger partial charge < -0.3 is 15.4 Å². The van der Waals surface area contributed by atoms with Gasteiger partial charge in [-0.15, -0.1) is 12.4 Å². The summed E-state index contributed by atoms with van der Waals surface area (Å²) in [7, 11) is 1.66. The number of carbonyl (C=O) groups excluding carboxylic acids is 1. The molecule has 1 amide bonds. The first-order chi connectivity index (χ1) is 9.20. The van der Waals surface area contributed by atoms with Crippen molar-refractivity contribution in [2.45, 2.75) is 26.3 Å². The molecule has 0 radical (unpaired) electrons. The summed E-state index contributed by atoms with van der Waals surface area (Å²) in [6, 6.07) is 6.04. The van der Waals surface area contributed by atoms with Gasteiger partial charge in [0.2, 0.25) is 5.91 Å². The molecule has 0 spiro atoms. The second-order valence-corrected chi connectivity index (χ2v) is 5.06. The van der Waals surface area contributed by atoms with Crippen molar-refractivity contribution in [3.05, 3.63) is 29.3 Å². The SMILES string of the molecule is COc1cc(C)ccc1CNC(=O)C1CCNCC1.Cl. The van der Waals surface area contributed by atoms with Crippen LogP contribution in [-0.2, 0) is 11.3 Å². The molecule has 2 rings (SSSR count). The number of methoxy groups -OCH3 is 1. The number of nitrogens with one attached hydrogen (secondary N) is 2. The van der Waals surface area contributed by atoms with Gasteiger partial charge in [0, 0.05) is 18.0 Å². The zero-order valence-electron chi connectivity index (χ0n) is 12.1. The van der Waals surface area contributed by atoms with Crippen LogP contribution >= 0.6 is 12.4 Å². The maximum atomic E-state index is 12.1. The molecule has 1 aliphatic heterocycles. The molecule has 2 N–H and O–H groups in total. The van der Waals surface area contributed by atoms with Crippen LogP contribution in [-0.4, -0.2) is 26.1 Å². The van der Waals surface area contributed by atoms with E-state index in [2.05, 4.69) is 10.6 Å². The summed E-state index contributed by atoms with van der Waals surface area (Å²) >= 11 is 0. The topological polar surface area (TPSA) is 50.4 Å². The number of amides is 1. The van der Waals surface area contributed by atoms with E-state index in [0.717, 1.165) is 42.8 Å². The Morgan fingerprint density at radius 1 is 1.40 bits per heavy atom. The molecule has 0 saturated carbocycles. The molecule has 0 unspecified atom stereocenters. The fourth-order valence-corrected chi connectivity index (χ4v) is 2.41. The Hall–Kier alpha value is -1.26. The highest BCUT2D eigenvalue weighted by Crippen LogP contribution is 2.20. The summed E-state index contributed by atoms with van der Waals surface area (Å²) in [5.74, 6) is 1.15. The van der Waals surface area contributed by atoms with Crippen molar-refractivity contribution < 1.29 is 9.53 Å². The van der Waals surface area contributed by atoms with Gasteiger partial charge in [-0.1, -0.05) is 12.1 Å². The second-order valence-electron chi connectivity index (χ2n) is 5.06. The molecule has 112 valence electrons. The van der Waals surface area contributed by atoms with E-state index in [1.165, 1.54) is 0 Å². The standard InChI is InChI=1S/C15H22N2O2.ClH/c1-11-3-4-13(14(9-11)19-2)10-17-15(18)12-5-7-16-8-6-12;/h3-4,9,12,16H,5-8,10H2,1-2H3,(H,17,18);1H. The number of piperidine rings is 1. The van der Waals surface area contributed by atoms with Crippen LogP contribution in [0.2, 0.25) is 0 Å². The zero-order chi connectivity index (χ0) is 13.7. The predicted octanol–water partition coefficient (Wildman–Crippen LogP) is 2.04. The maximum Gasteiger partial charge on any atom is 0.223 e. The third kappa shape index (κ3) is 4.39. The number of ether oxygens (including phenoxy) is 1. The van der Waals surface area contributed by atoms with Gasteiger partial charge >= 0.3 is 0 Å². The van der Waals surface area contributed by atoms with Gasteiger partial charge in [-0.2, -0.15) is 0 Å². The summed E-state index contributed by atoms with van der Waals surface area (Å²) in [6.07, 6.45) is 1.85. The van der Waals surface area contributed by atoms with E-state index >= 15 is 0 Å². The normalized spacial score (nSPS) is 15.3. The maximum absolute atomic E-state index is 12.1. The minimum absolute atomic E-state index is 0. The molecule has 1 fully saturated rings. The highest BCUT2D eigenvalue weighted by Gasteiger charge is 2.20. The third-order valence-electron chi connectivity index (χ3n) is 3.61. The lowest BCUT2D eigenvalue weighted by atomic mass is 9.97. The highest BCUT2D eigenvalue weighted by atomic mass is 35.5. The Bertz CT molecular complexity index is 445. The van der Waals surface area contributed by atoms with E-state index in [1.54, 1.807) is 7.11 Å². The number of carbonyl (C=O) groups is 1. The predicted molar refractivity (Wildman–Crippen MR) is 82.4 cm³/mol. The van der Waals surface area contributed by atoms with Crippen molar-refractivity contribution in [3.8, 4) is 5.75 Å². The summed E-state index contributed by atoms with van der Waals surface area (Å²) in [6.45, 7) is 4.43. The van der Waals surface area contributed by atoms with Crippen LogP contribution in [0.4, 0.5) is 0 Å². The smallest absolute Gasteiger partial charge is 0.223 e. The average molecular weight is 299 g/mol. The highest BCUT2D eigenvalue weighted by molar-refractivity contribution is 5.85. The quantitative estimate of drug-likeness (QED) is 0.894. The van der Waals surface area contributed by atoms with Gasteiger partial charge in [0.25, 0.3) is 0 Å². The Morgan fingerprint density at radius 3 is 2.75 bits per heavy atom. The average Bonchev–Trinajstić information content (AvgIpc) is 2.46. The van der Waals surface area contributed by atoms with E-state index in [1.807, 2.05) is 25.1 Å². The van der Waals surface area contributed by atoms with Gasteiger partial charge in [-0.3, -0.25) is 4.79 Å². The fraction of sp³-hybridized carbons (Fsp3) is 0.533. The van der Waals surface area contributed by atoms with Gasteiger partial charge in [-0.25, -0.2) is 0 Å². The van der Waals surface area contributed by atoms with Crippen LogP contribution in [0.25, 0.3) is 0 Å². The van der Waals surface area contributed by atoms with Crippen LogP contribution in [0.5, 0.6) is 5.75 Å². The molecular formula is C15H23ClN2O2. The van der Waals surface area contributed by atoms with Crippen LogP contribution in [0, 0.1) is 12.8 Å². The molecule has 5 heteroatoms. The van der Waals surface area contributed by atoms with E-state index < -0.39 is 0 Å². The third-order valence-corrected chi connectivity index (χ3v) is 3.61. The van der Waals surface area contributed by atoms with Gasteiger partial charge in [0.05, 0.1) is 7.11 Å². The van der Waals surface area contributed by atoms with Crippen LogP contribution in [0.15, 0.2) is 18.2 Å². The number of aryl methyl sites for hydroxylation is 1. The van der Waals surface area contributed by atoms with Gasteiger partial charge in [0.15, 0.2) is 0 Å². The number of hydrogen-bond acceptors (Lipinski definition) is 3. The first-order valence-corrected chi connectivity index (χ1v) is 6.82. The molecule has 1 aromatic rings. The summed E-state index contributed by atoms with van der Waals surface area (Å²) in [5, 5.41) is 6.28. The summed E-state index contributed by atoms with van der Waals surface area (Å²) in [5.41, 5.74) is 2.18. The Kier molecular flexibility index (Phi) is 6.82. The monoisotopic (exact) mass is 298 g/mol. The second kappa shape index (κ2) is 8.12. The van der Waals surface area contributed by atoms with E-state index in [4.69, 9.17) is 4.74 Å². The molecule has 0 atom stereocenters. The first kappa shape index (κ1) is 16.8. The van der Waals surface area contributed by atoms with E-state index in [9.17, 15) is 4.79 Å². The molecule has 1 aromatic carbocycles. The summed E-state index contributed by atoms with van der Waals surface area (Å²) in [4.78, 5) is 12.1. The molecule has 1 aliphatic rings. The molecule has 0 aromatic heterocycles. The van der Waals surface area contributed by atoms with Crippen molar-refractivity contribution in [2.75, 3.05) is 20.2 Å². The van der Waals surface area contributed by atoms with Crippen molar-refractivity contribution in [1.82, 2.24) is 10.6 Å². The Morgan fingerprint density at radius 2 is 2.10 bits per heavy atom. The number of hydrogen-bond donors (Lipinski definition) is 2. The minimum Gasteiger partial charge on any atom is -0.496 e. The lowest BCUT2D eigenvalue weighted by Crippen LogP contribution is -2.37. The van der Waals surface area contributed by atoms with Crippen LogP contribution in [0.3, 0.4) is 0 Å². The minimum atomic E-state index is 0. The van der Waals surface area contributed by atoms with Crippen LogP contribution < -0.4 is 15.4 Å².